The van der Waals surface area contributed by atoms with Crippen LogP contribution >= 0.6 is 0 Å². The van der Waals surface area contributed by atoms with E-state index in [2.05, 4.69) is 4.74 Å². The standard InChI is InChI=1S/C9H8F3NO2/c1-15-8-3-5(14)2-7(6(8)4-13)9(10,11)12/h7H,2-3H2,1H3. The molecule has 0 saturated heterocycles. The molecule has 0 spiro atoms. The predicted octanol–water partition coefficient (Wildman–Crippen LogP) is 1.95. The summed E-state index contributed by atoms with van der Waals surface area (Å²) in [5.41, 5.74) is -0.482. The van der Waals surface area contributed by atoms with Crippen LogP contribution < -0.4 is 0 Å². The van der Waals surface area contributed by atoms with Crippen LogP contribution in [0.15, 0.2) is 11.3 Å². The van der Waals surface area contributed by atoms with E-state index in [1.54, 1.807) is 0 Å². The minimum atomic E-state index is -4.58. The zero-order valence-electron chi connectivity index (χ0n) is 7.89. The molecule has 0 N–H and O–H groups in total. The number of hydrogen-bond donors (Lipinski definition) is 0. The summed E-state index contributed by atoms with van der Waals surface area (Å²) in [6.07, 6.45) is -5.48. The number of halogens is 3. The number of rotatable bonds is 1. The van der Waals surface area contributed by atoms with Gasteiger partial charge in [-0.15, -0.1) is 0 Å². The Labute approximate surface area is 84.1 Å². The van der Waals surface area contributed by atoms with Gasteiger partial charge in [0.1, 0.15) is 17.5 Å². The Bertz CT molecular complexity index is 351. The van der Waals surface area contributed by atoms with E-state index in [0.29, 0.717) is 0 Å². The van der Waals surface area contributed by atoms with Crippen molar-refractivity contribution in [3.05, 3.63) is 11.3 Å². The first kappa shape index (κ1) is 11.6. The molecule has 0 saturated carbocycles. The molecule has 0 bridgehead atoms. The molecular weight excluding hydrogens is 211 g/mol. The van der Waals surface area contributed by atoms with E-state index >= 15 is 0 Å². The van der Waals surface area contributed by atoms with Gasteiger partial charge in [-0.2, -0.15) is 18.4 Å². The van der Waals surface area contributed by atoms with Gasteiger partial charge in [0, 0.05) is 6.42 Å². The molecule has 0 heterocycles. The monoisotopic (exact) mass is 219 g/mol. The largest absolute Gasteiger partial charge is 0.500 e. The second kappa shape index (κ2) is 3.93. The number of Topliss-reactive ketones (excluding diaryl/α,β-unsaturated/α-hetero) is 1. The van der Waals surface area contributed by atoms with Gasteiger partial charge in [-0.1, -0.05) is 0 Å². The summed E-state index contributed by atoms with van der Waals surface area (Å²) in [6, 6.07) is 1.46. The molecule has 1 rings (SSSR count). The Morgan fingerprint density at radius 1 is 1.53 bits per heavy atom. The molecule has 0 aromatic rings. The van der Waals surface area contributed by atoms with Gasteiger partial charge in [0.2, 0.25) is 0 Å². The maximum absolute atomic E-state index is 12.5. The zero-order valence-corrected chi connectivity index (χ0v) is 7.89. The normalized spacial score (nSPS) is 22.6. The molecule has 0 aromatic heterocycles. The minimum absolute atomic E-state index is 0.170. The third-order valence-corrected chi connectivity index (χ3v) is 2.20. The number of ketones is 1. The van der Waals surface area contributed by atoms with Crippen molar-refractivity contribution in [3.8, 4) is 6.07 Å². The SMILES string of the molecule is COC1=C(C#N)C(C(F)(F)F)CC(=O)C1. The van der Waals surface area contributed by atoms with Crippen LogP contribution in [0.3, 0.4) is 0 Å². The summed E-state index contributed by atoms with van der Waals surface area (Å²) in [4.78, 5) is 11.0. The third kappa shape index (κ3) is 2.29. The van der Waals surface area contributed by atoms with Crippen molar-refractivity contribution in [2.24, 2.45) is 5.92 Å². The van der Waals surface area contributed by atoms with E-state index < -0.39 is 29.9 Å². The van der Waals surface area contributed by atoms with Crippen LogP contribution in [0.4, 0.5) is 13.2 Å². The van der Waals surface area contributed by atoms with Crippen molar-refractivity contribution in [1.29, 1.82) is 5.26 Å². The van der Waals surface area contributed by atoms with E-state index in [-0.39, 0.29) is 12.2 Å². The van der Waals surface area contributed by atoms with Crippen LogP contribution in [0.2, 0.25) is 0 Å². The first-order valence-electron chi connectivity index (χ1n) is 4.15. The molecule has 1 aliphatic carbocycles. The number of alkyl halides is 3. The van der Waals surface area contributed by atoms with Gasteiger partial charge in [0.15, 0.2) is 0 Å². The van der Waals surface area contributed by atoms with Gasteiger partial charge in [-0.05, 0) is 0 Å². The van der Waals surface area contributed by atoms with Crippen molar-refractivity contribution < 1.29 is 22.7 Å². The Morgan fingerprint density at radius 2 is 2.13 bits per heavy atom. The van der Waals surface area contributed by atoms with Crippen LogP contribution in [0.1, 0.15) is 12.8 Å². The van der Waals surface area contributed by atoms with Gasteiger partial charge in [0.05, 0.1) is 25.2 Å². The fourth-order valence-electron chi connectivity index (χ4n) is 1.47. The van der Waals surface area contributed by atoms with E-state index in [0.717, 1.165) is 7.11 Å². The fourth-order valence-corrected chi connectivity index (χ4v) is 1.47. The molecule has 0 aromatic carbocycles. The quantitative estimate of drug-likeness (QED) is 0.677. The van der Waals surface area contributed by atoms with Gasteiger partial charge in [-0.3, -0.25) is 4.79 Å². The number of ether oxygens (including phenoxy) is 1. The zero-order chi connectivity index (χ0) is 11.6. The first-order chi connectivity index (χ1) is 6.90. The van der Waals surface area contributed by atoms with Crippen LogP contribution in [-0.4, -0.2) is 19.1 Å². The fraction of sp³-hybridized carbons (Fsp3) is 0.556. The molecule has 0 radical (unpaired) electrons. The molecule has 82 valence electrons. The molecule has 15 heavy (non-hydrogen) atoms. The molecule has 1 aliphatic rings. The second-order valence-corrected chi connectivity index (χ2v) is 3.17. The topological polar surface area (TPSA) is 50.1 Å². The molecule has 6 heteroatoms. The number of hydrogen-bond acceptors (Lipinski definition) is 3. The predicted molar refractivity (Wildman–Crippen MR) is 43.4 cm³/mol. The summed E-state index contributed by atoms with van der Waals surface area (Å²) < 4.78 is 42.0. The number of nitriles is 1. The summed E-state index contributed by atoms with van der Waals surface area (Å²) in [5.74, 6) is -2.75. The Kier molecular flexibility index (Phi) is 3.03. The summed E-state index contributed by atoms with van der Waals surface area (Å²) in [7, 11) is 1.15. The van der Waals surface area contributed by atoms with Crippen LogP contribution in [0.25, 0.3) is 0 Å². The minimum Gasteiger partial charge on any atom is -0.500 e. The average Bonchev–Trinajstić information content (AvgIpc) is 2.15. The number of carbonyl (C=O) groups excluding carboxylic acids is 1. The maximum Gasteiger partial charge on any atom is 0.397 e. The Morgan fingerprint density at radius 3 is 2.53 bits per heavy atom. The average molecular weight is 219 g/mol. The lowest BCUT2D eigenvalue weighted by Crippen LogP contribution is -2.31. The lowest BCUT2D eigenvalue weighted by molar-refractivity contribution is -0.170. The first-order valence-corrected chi connectivity index (χ1v) is 4.15. The lowest BCUT2D eigenvalue weighted by atomic mass is 9.86. The second-order valence-electron chi connectivity index (χ2n) is 3.17. The lowest BCUT2D eigenvalue weighted by Gasteiger charge is -2.24. The summed E-state index contributed by atoms with van der Waals surface area (Å²) >= 11 is 0. The smallest absolute Gasteiger partial charge is 0.397 e. The van der Waals surface area contributed by atoms with Gasteiger partial charge >= 0.3 is 6.18 Å². The van der Waals surface area contributed by atoms with Crippen LogP contribution in [-0.2, 0) is 9.53 Å². The van der Waals surface area contributed by atoms with Crippen molar-refractivity contribution in [2.45, 2.75) is 19.0 Å². The van der Waals surface area contributed by atoms with E-state index in [9.17, 15) is 18.0 Å². The van der Waals surface area contributed by atoms with Gasteiger partial charge < -0.3 is 4.74 Å². The summed E-state index contributed by atoms with van der Waals surface area (Å²) in [6.45, 7) is 0. The molecule has 3 nitrogen and oxygen atoms in total. The highest BCUT2D eigenvalue weighted by atomic mass is 19.4. The highest BCUT2D eigenvalue weighted by Crippen LogP contribution is 2.39. The Hall–Kier alpha value is -1.51. The van der Waals surface area contributed by atoms with Crippen molar-refractivity contribution >= 4 is 5.78 Å². The Balaban J connectivity index is 3.17. The number of carbonyl (C=O) groups is 1. The van der Waals surface area contributed by atoms with E-state index in [1.165, 1.54) is 6.07 Å². The third-order valence-electron chi connectivity index (χ3n) is 2.20. The number of nitrogens with zero attached hydrogens (tertiary/aromatic N) is 1. The van der Waals surface area contributed by atoms with Crippen molar-refractivity contribution in [1.82, 2.24) is 0 Å². The highest BCUT2D eigenvalue weighted by Gasteiger charge is 2.47. The summed E-state index contributed by atoms with van der Waals surface area (Å²) in [5, 5.41) is 8.61. The van der Waals surface area contributed by atoms with Crippen molar-refractivity contribution in [3.63, 3.8) is 0 Å². The number of methoxy groups -OCH3 is 1. The molecule has 0 aliphatic heterocycles. The van der Waals surface area contributed by atoms with Gasteiger partial charge in [0.25, 0.3) is 0 Å². The molecule has 0 amide bonds. The van der Waals surface area contributed by atoms with Gasteiger partial charge in [-0.25, -0.2) is 0 Å². The van der Waals surface area contributed by atoms with Crippen molar-refractivity contribution in [2.75, 3.05) is 7.11 Å². The molecule has 0 fully saturated rings. The molecule has 1 atom stereocenters. The molecule has 1 unspecified atom stereocenters. The molecular formula is C9H8F3NO2. The van der Waals surface area contributed by atoms with E-state index in [4.69, 9.17) is 5.26 Å². The van der Waals surface area contributed by atoms with E-state index in [1.807, 2.05) is 0 Å². The van der Waals surface area contributed by atoms with Crippen LogP contribution in [0.5, 0.6) is 0 Å². The highest BCUT2D eigenvalue weighted by molar-refractivity contribution is 5.83. The van der Waals surface area contributed by atoms with Crippen LogP contribution in [0, 0.1) is 17.2 Å². The number of allylic oxidation sites excluding steroid dienone is 2. The maximum atomic E-state index is 12.5.